The zero-order valence-electron chi connectivity index (χ0n) is 9.98. The first-order chi connectivity index (χ1) is 5.99. The van der Waals surface area contributed by atoms with Crippen molar-refractivity contribution in [3.05, 3.63) is 0 Å². The maximum absolute atomic E-state index is 7.31. The van der Waals surface area contributed by atoms with Crippen molar-refractivity contribution in [2.75, 3.05) is 6.26 Å². The average molecular weight is 203 g/mol. The number of nitrogens with one attached hydrogen (secondary N) is 1. The molecular formula is C11H25NS. The average Bonchev–Trinajstić information content (AvgIpc) is 2.16. The Bertz CT molecular complexity index is 121. The smallest absolute Gasteiger partial charge is 0.0666 e. The number of thioether (sulfide) groups is 1. The summed E-state index contributed by atoms with van der Waals surface area (Å²) in [6.45, 7) is 10.8. The van der Waals surface area contributed by atoms with Crippen LogP contribution in [-0.4, -0.2) is 11.3 Å². The molecule has 1 nitrogen and oxygen atoms in total. The molecule has 0 amide bonds. The van der Waals surface area contributed by atoms with Crippen LogP contribution in [0.2, 0.25) is 0 Å². The highest BCUT2D eigenvalue weighted by atomic mass is 32.2. The van der Waals surface area contributed by atoms with Gasteiger partial charge in [-0.3, -0.25) is 5.41 Å². The number of hydrogen-bond donors (Lipinski definition) is 1. The molecule has 0 aromatic carbocycles. The van der Waals surface area contributed by atoms with E-state index in [4.69, 9.17) is 5.41 Å². The summed E-state index contributed by atoms with van der Waals surface area (Å²) in [6.07, 6.45) is 4.34. The lowest BCUT2D eigenvalue weighted by Crippen LogP contribution is -2.02. The molecule has 0 aromatic heterocycles. The normalized spacial score (nSPS) is 11.9. The van der Waals surface area contributed by atoms with E-state index in [1.54, 1.807) is 11.8 Å². The van der Waals surface area contributed by atoms with Gasteiger partial charge in [-0.1, -0.05) is 41.0 Å². The van der Waals surface area contributed by atoms with Crippen molar-refractivity contribution in [2.24, 2.45) is 11.8 Å². The van der Waals surface area contributed by atoms with Gasteiger partial charge < -0.3 is 0 Å². The van der Waals surface area contributed by atoms with Crippen LogP contribution in [-0.2, 0) is 0 Å². The van der Waals surface area contributed by atoms with Gasteiger partial charge in [0.05, 0.1) is 5.04 Å². The molecule has 0 bridgehead atoms. The van der Waals surface area contributed by atoms with Crippen LogP contribution in [0.1, 0.15) is 47.5 Å². The second-order valence-electron chi connectivity index (χ2n) is 3.68. The van der Waals surface area contributed by atoms with E-state index in [9.17, 15) is 0 Å². The molecule has 0 fully saturated rings. The van der Waals surface area contributed by atoms with Gasteiger partial charge in [-0.2, -0.15) is 0 Å². The van der Waals surface area contributed by atoms with Crippen LogP contribution in [0.25, 0.3) is 0 Å². The van der Waals surface area contributed by atoms with Gasteiger partial charge in [0.25, 0.3) is 0 Å². The minimum atomic E-state index is 0.463. The Balaban J connectivity index is 0. The van der Waals surface area contributed by atoms with E-state index in [0.717, 1.165) is 17.4 Å². The Morgan fingerprint density at radius 3 is 1.62 bits per heavy atom. The Morgan fingerprint density at radius 1 is 1.15 bits per heavy atom. The summed E-state index contributed by atoms with van der Waals surface area (Å²) in [7, 11) is 0. The van der Waals surface area contributed by atoms with Crippen LogP contribution in [0.15, 0.2) is 0 Å². The van der Waals surface area contributed by atoms with E-state index >= 15 is 0 Å². The summed E-state index contributed by atoms with van der Waals surface area (Å²) < 4.78 is 0. The van der Waals surface area contributed by atoms with Gasteiger partial charge in [0.15, 0.2) is 0 Å². The fourth-order valence-corrected chi connectivity index (χ4v) is 0.956. The Hall–Kier alpha value is 0.0200. The van der Waals surface area contributed by atoms with Gasteiger partial charge in [0, 0.05) is 5.92 Å². The highest BCUT2D eigenvalue weighted by molar-refractivity contribution is 8.13. The number of hydrogen-bond acceptors (Lipinski definition) is 2. The lowest BCUT2D eigenvalue weighted by Gasteiger charge is -2.05. The minimum absolute atomic E-state index is 0.463. The van der Waals surface area contributed by atoms with Crippen molar-refractivity contribution >= 4 is 16.8 Å². The molecule has 0 aliphatic heterocycles. The van der Waals surface area contributed by atoms with Crippen LogP contribution >= 0.6 is 11.8 Å². The summed E-state index contributed by atoms with van der Waals surface area (Å²) in [5, 5.41) is 8.10. The van der Waals surface area contributed by atoms with Crippen molar-refractivity contribution in [1.29, 1.82) is 5.41 Å². The molecular weight excluding hydrogens is 178 g/mol. The molecule has 0 saturated carbocycles. The second-order valence-corrected chi connectivity index (χ2v) is 4.53. The first kappa shape index (κ1) is 15.5. The van der Waals surface area contributed by atoms with E-state index in [0.29, 0.717) is 5.92 Å². The monoisotopic (exact) mass is 203 g/mol. The van der Waals surface area contributed by atoms with E-state index in [2.05, 4.69) is 34.6 Å². The zero-order valence-corrected chi connectivity index (χ0v) is 10.8. The molecule has 0 aliphatic carbocycles. The van der Waals surface area contributed by atoms with Crippen molar-refractivity contribution in [3.63, 3.8) is 0 Å². The van der Waals surface area contributed by atoms with Gasteiger partial charge in [-0.05, 0) is 18.6 Å². The molecule has 0 saturated heterocycles. The molecule has 80 valence electrons. The predicted molar refractivity (Wildman–Crippen MR) is 65.8 cm³/mol. The van der Waals surface area contributed by atoms with Crippen LogP contribution in [0, 0.1) is 17.2 Å². The van der Waals surface area contributed by atoms with Gasteiger partial charge in [-0.15, -0.1) is 11.8 Å². The van der Waals surface area contributed by atoms with E-state index < -0.39 is 0 Å². The summed E-state index contributed by atoms with van der Waals surface area (Å²) in [4.78, 5) is 0. The van der Waals surface area contributed by atoms with Gasteiger partial charge in [0.2, 0.25) is 0 Å². The Kier molecular flexibility index (Phi) is 12.0. The third kappa shape index (κ3) is 12.0. The molecule has 13 heavy (non-hydrogen) atoms. The summed E-state index contributed by atoms with van der Waals surface area (Å²) in [5.41, 5.74) is 0. The third-order valence-electron chi connectivity index (χ3n) is 2.10. The SMILES string of the molecule is CCC(C)C.CCC(C)C(=N)SC. The minimum Gasteiger partial charge on any atom is -0.298 e. The third-order valence-corrected chi connectivity index (χ3v) is 2.94. The fraction of sp³-hybridized carbons (Fsp3) is 0.909. The standard InChI is InChI=1S/C6H13NS.C5H12/c1-4-5(2)6(7)8-3;1-4-5(2)3/h5,7H,4H2,1-3H3;5H,4H2,1-3H3. The van der Waals surface area contributed by atoms with Gasteiger partial charge in [-0.25, -0.2) is 0 Å². The molecule has 0 aromatic rings. The molecule has 1 atom stereocenters. The maximum Gasteiger partial charge on any atom is 0.0666 e. The zero-order chi connectivity index (χ0) is 10.9. The van der Waals surface area contributed by atoms with Crippen molar-refractivity contribution < 1.29 is 0 Å². The van der Waals surface area contributed by atoms with Crippen molar-refractivity contribution in [1.82, 2.24) is 0 Å². The topological polar surface area (TPSA) is 23.9 Å². The van der Waals surface area contributed by atoms with Crippen LogP contribution in [0.5, 0.6) is 0 Å². The van der Waals surface area contributed by atoms with Crippen molar-refractivity contribution in [2.45, 2.75) is 47.5 Å². The molecule has 0 aliphatic rings. The number of rotatable bonds is 3. The quantitative estimate of drug-likeness (QED) is 0.532. The molecule has 2 heteroatoms. The largest absolute Gasteiger partial charge is 0.298 e. The molecule has 0 radical (unpaired) electrons. The van der Waals surface area contributed by atoms with Crippen LogP contribution in [0.4, 0.5) is 0 Å². The van der Waals surface area contributed by atoms with E-state index in [1.165, 1.54) is 6.42 Å². The van der Waals surface area contributed by atoms with Gasteiger partial charge >= 0.3 is 0 Å². The second kappa shape index (κ2) is 10.1. The fourth-order valence-electron chi connectivity index (χ4n) is 0.387. The highest BCUT2D eigenvalue weighted by Crippen LogP contribution is 2.10. The van der Waals surface area contributed by atoms with Gasteiger partial charge in [0.1, 0.15) is 0 Å². The molecule has 0 rings (SSSR count). The lowest BCUT2D eigenvalue weighted by molar-refractivity contribution is 0.626. The van der Waals surface area contributed by atoms with E-state index in [-0.39, 0.29) is 0 Å². The summed E-state index contributed by atoms with van der Waals surface area (Å²) in [6, 6.07) is 0. The summed E-state index contributed by atoms with van der Waals surface area (Å²) in [5.74, 6) is 1.35. The van der Waals surface area contributed by atoms with E-state index in [1.807, 2.05) is 6.26 Å². The molecule has 1 unspecified atom stereocenters. The Morgan fingerprint density at radius 2 is 1.54 bits per heavy atom. The maximum atomic E-state index is 7.31. The predicted octanol–water partition coefficient (Wildman–Crippen LogP) is 4.43. The van der Waals surface area contributed by atoms with Crippen LogP contribution in [0.3, 0.4) is 0 Å². The molecule has 0 heterocycles. The Labute approximate surface area is 88.2 Å². The lowest BCUT2D eigenvalue weighted by atomic mass is 10.1. The van der Waals surface area contributed by atoms with Crippen molar-refractivity contribution in [3.8, 4) is 0 Å². The summed E-state index contributed by atoms with van der Waals surface area (Å²) >= 11 is 1.54. The molecule has 0 spiro atoms. The first-order valence-electron chi connectivity index (χ1n) is 5.11. The first-order valence-corrected chi connectivity index (χ1v) is 6.34. The van der Waals surface area contributed by atoms with Crippen LogP contribution < -0.4 is 0 Å². The highest BCUT2D eigenvalue weighted by Gasteiger charge is 2.02. The molecule has 1 N–H and O–H groups in total.